The lowest BCUT2D eigenvalue weighted by Gasteiger charge is -2.18. The molecule has 17 heavy (non-hydrogen) atoms. The second kappa shape index (κ2) is 7.77. The third kappa shape index (κ3) is 7.45. The van der Waals surface area contributed by atoms with Crippen molar-refractivity contribution in [3.05, 3.63) is 0 Å². The van der Waals surface area contributed by atoms with Crippen molar-refractivity contribution < 1.29 is 34.9 Å². The molecule has 0 radical (unpaired) electrons. The molecule has 10 heteroatoms. The molecule has 0 aliphatic carbocycles. The number of alkyl halides is 5. The lowest BCUT2D eigenvalue weighted by Crippen LogP contribution is -2.38. The van der Waals surface area contributed by atoms with Gasteiger partial charge in [-0.05, 0) is 0 Å². The van der Waals surface area contributed by atoms with E-state index in [0.29, 0.717) is 0 Å². The first kappa shape index (κ1) is 18.9. The first-order valence-electron chi connectivity index (χ1n) is 4.26. The first-order valence-corrected chi connectivity index (χ1v) is 5.87. The number of hydrogen-bond donors (Lipinski definition) is 2. The smallest absolute Gasteiger partial charge is 0.267 e. The molecule has 0 rings (SSSR count). The van der Waals surface area contributed by atoms with E-state index in [0.717, 1.165) is 0 Å². The fourth-order valence-electron chi connectivity index (χ4n) is 0.956. The monoisotopic (exact) mass is 287 g/mol. The minimum absolute atomic E-state index is 0. The molecule has 4 atom stereocenters. The summed E-state index contributed by atoms with van der Waals surface area (Å²) in [5.41, 5.74) is 0. The van der Waals surface area contributed by atoms with Gasteiger partial charge in [0.1, 0.15) is 11.9 Å². The van der Waals surface area contributed by atoms with Gasteiger partial charge in [-0.3, -0.25) is 8.94 Å². The van der Waals surface area contributed by atoms with Gasteiger partial charge >= 0.3 is 0 Å². The number of rotatable bonds is 7. The van der Waals surface area contributed by atoms with Crippen molar-refractivity contribution in [1.82, 2.24) is 6.15 Å². The predicted octanol–water partition coefficient (Wildman–Crippen LogP) is 1.75. The molecule has 0 spiro atoms. The lowest BCUT2D eigenvalue weighted by atomic mass is 10.1. The van der Waals surface area contributed by atoms with E-state index in [4.69, 9.17) is 4.55 Å². The molecule has 0 aromatic rings. The third-order valence-electron chi connectivity index (χ3n) is 1.75. The molecule has 0 aliphatic rings. The third-order valence-corrected chi connectivity index (χ3v) is 2.49. The van der Waals surface area contributed by atoms with Crippen LogP contribution in [-0.2, 0) is 10.1 Å². The van der Waals surface area contributed by atoms with Crippen LogP contribution in [0.4, 0.5) is 22.0 Å². The summed E-state index contributed by atoms with van der Waals surface area (Å²) in [4.78, 5) is 0. The van der Waals surface area contributed by atoms with Crippen molar-refractivity contribution in [2.24, 2.45) is 0 Å². The highest BCUT2D eigenvalue weighted by atomic mass is 32.2. The minimum Gasteiger partial charge on any atom is -0.344 e. The Bertz CT molecular complexity index is 302. The molecule has 0 amide bonds. The van der Waals surface area contributed by atoms with Crippen molar-refractivity contribution in [2.75, 3.05) is 12.4 Å². The van der Waals surface area contributed by atoms with Gasteiger partial charge in [-0.2, -0.15) is 8.42 Å². The zero-order valence-electron chi connectivity index (χ0n) is 8.70. The van der Waals surface area contributed by atoms with Crippen LogP contribution in [0.1, 0.15) is 6.42 Å². The van der Waals surface area contributed by atoms with Crippen molar-refractivity contribution in [3.8, 4) is 0 Å². The second-order valence-corrected chi connectivity index (χ2v) is 4.64. The Hall–Kier alpha value is -0.480. The molecule has 0 bridgehead atoms. The Morgan fingerprint density at radius 3 is 1.76 bits per heavy atom. The molecule has 0 aromatic heterocycles. The van der Waals surface area contributed by atoms with E-state index < -0.39 is 53.7 Å². The Morgan fingerprint density at radius 2 is 1.41 bits per heavy atom. The van der Waals surface area contributed by atoms with E-state index in [-0.39, 0.29) is 6.15 Å². The predicted molar refractivity (Wildman–Crippen MR) is 51.6 cm³/mol. The molecule has 4 N–H and O–H groups in total. The molecule has 106 valence electrons. The van der Waals surface area contributed by atoms with E-state index >= 15 is 0 Å². The molecule has 0 saturated carbocycles. The molecule has 4 unspecified atom stereocenters. The molecule has 0 fully saturated rings. The summed E-state index contributed by atoms with van der Waals surface area (Å²) in [6.07, 6.45) is -12.4. The highest BCUT2D eigenvalue weighted by Gasteiger charge is 2.37. The van der Waals surface area contributed by atoms with E-state index in [1.807, 2.05) is 0 Å². The van der Waals surface area contributed by atoms with Crippen LogP contribution in [-0.4, -0.2) is 50.1 Å². The van der Waals surface area contributed by atoms with Gasteiger partial charge < -0.3 is 6.15 Å². The highest BCUT2D eigenvalue weighted by molar-refractivity contribution is 7.85. The first-order chi connectivity index (χ1) is 7.19. The Labute approximate surface area is 95.5 Å². The van der Waals surface area contributed by atoms with Gasteiger partial charge in [-0.15, -0.1) is 0 Å². The van der Waals surface area contributed by atoms with E-state index in [1.54, 1.807) is 0 Å². The SMILES string of the molecule is N.O=S(=O)(O)CC(F)C(F)C(F)C(F)CCF. The van der Waals surface area contributed by atoms with Crippen LogP contribution >= 0.6 is 0 Å². The standard InChI is InChI=1S/C7H11F5O3S.H3N/c8-2-1-4(9)6(11)7(12)5(10)3-16(13,14)15;/h4-7H,1-3H2,(H,13,14,15);1H3. The van der Waals surface area contributed by atoms with Gasteiger partial charge in [0.15, 0.2) is 18.5 Å². The normalized spacial score (nSPS) is 18.9. The Kier molecular flexibility index (Phi) is 8.63. The van der Waals surface area contributed by atoms with Gasteiger partial charge in [-0.1, -0.05) is 0 Å². The fourth-order valence-corrected chi connectivity index (χ4v) is 1.54. The summed E-state index contributed by atoms with van der Waals surface area (Å²) in [6.45, 7) is -1.25. The molecular formula is C7H14F5NO3S. The van der Waals surface area contributed by atoms with Crippen molar-refractivity contribution >= 4 is 10.1 Å². The summed E-state index contributed by atoms with van der Waals surface area (Å²) in [7, 11) is -4.82. The molecule has 0 saturated heterocycles. The van der Waals surface area contributed by atoms with Gasteiger partial charge in [0.05, 0.1) is 6.67 Å². The minimum atomic E-state index is -4.82. The van der Waals surface area contributed by atoms with Crippen molar-refractivity contribution in [1.29, 1.82) is 0 Å². The summed E-state index contributed by atoms with van der Waals surface area (Å²) in [6, 6.07) is 0. The topological polar surface area (TPSA) is 89.4 Å². The Morgan fingerprint density at radius 1 is 1.00 bits per heavy atom. The number of hydrogen-bond acceptors (Lipinski definition) is 3. The molecule has 0 aliphatic heterocycles. The fraction of sp³-hybridized carbons (Fsp3) is 1.00. The zero-order valence-corrected chi connectivity index (χ0v) is 9.52. The molecule has 4 nitrogen and oxygen atoms in total. The quantitative estimate of drug-likeness (QED) is 0.551. The second-order valence-electron chi connectivity index (χ2n) is 3.15. The summed E-state index contributed by atoms with van der Waals surface area (Å²) < 4.78 is 90.9. The maximum absolute atomic E-state index is 12.8. The lowest BCUT2D eigenvalue weighted by molar-refractivity contribution is 0.0340. The summed E-state index contributed by atoms with van der Waals surface area (Å²) in [5, 5.41) is 0. The highest BCUT2D eigenvalue weighted by Crippen LogP contribution is 2.20. The molecule has 0 heterocycles. The van der Waals surface area contributed by atoms with Crippen LogP contribution in [0.5, 0.6) is 0 Å². The van der Waals surface area contributed by atoms with Crippen molar-refractivity contribution in [2.45, 2.75) is 31.1 Å². The van der Waals surface area contributed by atoms with Crippen LogP contribution in [0, 0.1) is 0 Å². The Balaban J connectivity index is 0. The average Bonchev–Trinajstić information content (AvgIpc) is 2.13. The van der Waals surface area contributed by atoms with Crippen LogP contribution < -0.4 is 6.15 Å². The van der Waals surface area contributed by atoms with Crippen LogP contribution in [0.2, 0.25) is 0 Å². The van der Waals surface area contributed by atoms with Crippen LogP contribution in [0.25, 0.3) is 0 Å². The zero-order chi connectivity index (χ0) is 12.9. The van der Waals surface area contributed by atoms with E-state index in [2.05, 4.69) is 0 Å². The summed E-state index contributed by atoms with van der Waals surface area (Å²) in [5.74, 6) is -1.67. The largest absolute Gasteiger partial charge is 0.344 e. The summed E-state index contributed by atoms with van der Waals surface area (Å²) >= 11 is 0. The van der Waals surface area contributed by atoms with Gasteiger partial charge in [0, 0.05) is 6.42 Å². The van der Waals surface area contributed by atoms with Crippen molar-refractivity contribution in [3.63, 3.8) is 0 Å². The van der Waals surface area contributed by atoms with E-state index in [1.165, 1.54) is 0 Å². The van der Waals surface area contributed by atoms with E-state index in [9.17, 15) is 30.4 Å². The maximum atomic E-state index is 12.8. The van der Waals surface area contributed by atoms with Gasteiger partial charge in [0.25, 0.3) is 10.1 Å². The maximum Gasteiger partial charge on any atom is 0.267 e. The van der Waals surface area contributed by atoms with Crippen LogP contribution in [0.3, 0.4) is 0 Å². The average molecular weight is 287 g/mol. The van der Waals surface area contributed by atoms with Gasteiger partial charge in [-0.25, -0.2) is 17.6 Å². The molecule has 0 aromatic carbocycles. The van der Waals surface area contributed by atoms with Crippen LogP contribution in [0.15, 0.2) is 0 Å². The molecular weight excluding hydrogens is 273 g/mol. The van der Waals surface area contributed by atoms with Gasteiger partial charge in [0.2, 0.25) is 0 Å². The number of halogens is 5.